The molecule has 0 spiro atoms. The number of ether oxygens (including phenoxy) is 1. The number of rotatable bonds is 3. The van der Waals surface area contributed by atoms with Crippen molar-refractivity contribution in [2.24, 2.45) is 0 Å². The van der Waals surface area contributed by atoms with Crippen LogP contribution in [0.15, 0.2) is 30.6 Å². The van der Waals surface area contributed by atoms with Gasteiger partial charge in [-0.2, -0.15) is 0 Å². The summed E-state index contributed by atoms with van der Waals surface area (Å²) in [6.45, 7) is 3.63. The van der Waals surface area contributed by atoms with Gasteiger partial charge in [0.25, 0.3) is 0 Å². The maximum atomic E-state index is 11.1. The number of carbonyl (C=O) groups excluding carboxylic acids is 1. The highest BCUT2D eigenvalue weighted by Crippen LogP contribution is 1.99. The maximum absolute atomic E-state index is 11.1. The van der Waals surface area contributed by atoms with Crippen LogP contribution >= 0.6 is 0 Å². The second-order valence-electron chi connectivity index (χ2n) is 3.11. The first-order valence-corrected chi connectivity index (χ1v) is 4.47. The fourth-order valence-electron chi connectivity index (χ4n) is 0.910. The Morgan fingerprint density at radius 1 is 1.57 bits per heavy atom. The summed E-state index contributed by atoms with van der Waals surface area (Å²) in [5.74, 6) is -0.330. The smallest absolute Gasteiger partial charge is 0.331 e. The summed E-state index contributed by atoms with van der Waals surface area (Å²) in [7, 11) is 0. The molecule has 0 aliphatic rings. The van der Waals surface area contributed by atoms with Gasteiger partial charge >= 0.3 is 5.97 Å². The van der Waals surface area contributed by atoms with E-state index in [4.69, 9.17) is 4.74 Å². The van der Waals surface area contributed by atoms with Crippen LogP contribution in [0.4, 0.5) is 0 Å². The largest absolute Gasteiger partial charge is 0.460 e. The van der Waals surface area contributed by atoms with Crippen molar-refractivity contribution in [3.05, 3.63) is 36.2 Å². The molecule has 74 valence electrons. The van der Waals surface area contributed by atoms with E-state index in [0.29, 0.717) is 0 Å². The quantitative estimate of drug-likeness (QED) is 0.542. The number of pyridine rings is 1. The number of hydrogen-bond donors (Lipinski definition) is 0. The van der Waals surface area contributed by atoms with Gasteiger partial charge in [-0.3, -0.25) is 4.98 Å². The molecule has 1 aromatic heterocycles. The molecule has 0 aliphatic carbocycles. The summed E-state index contributed by atoms with van der Waals surface area (Å²) in [4.78, 5) is 15.0. The molecular weight excluding hydrogens is 178 g/mol. The molecule has 0 bridgehead atoms. The average Bonchev–Trinajstić information content (AvgIpc) is 2.15. The highest BCUT2D eigenvalue weighted by molar-refractivity contribution is 5.87. The first-order chi connectivity index (χ1) is 6.68. The molecule has 1 heterocycles. The molecule has 0 fully saturated rings. The Bertz CT molecular complexity index is 317. The summed E-state index contributed by atoms with van der Waals surface area (Å²) in [5, 5.41) is 0. The van der Waals surface area contributed by atoms with E-state index < -0.39 is 0 Å². The van der Waals surface area contributed by atoms with E-state index in [1.807, 2.05) is 26.0 Å². The fraction of sp³-hybridized carbons (Fsp3) is 0.273. The zero-order valence-corrected chi connectivity index (χ0v) is 8.31. The average molecular weight is 191 g/mol. The molecule has 0 atom stereocenters. The van der Waals surface area contributed by atoms with E-state index >= 15 is 0 Å². The second-order valence-corrected chi connectivity index (χ2v) is 3.11. The van der Waals surface area contributed by atoms with Gasteiger partial charge in [-0.25, -0.2) is 4.79 Å². The molecule has 0 unspecified atom stereocenters. The van der Waals surface area contributed by atoms with Gasteiger partial charge in [-0.05, 0) is 31.6 Å². The van der Waals surface area contributed by atoms with Gasteiger partial charge in [0.05, 0.1) is 6.10 Å². The molecule has 0 N–H and O–H groups in total. The SMILES string of the molecule is CC(C)OC(=O)/C=C/c1cccnc1. The zero-order valence-electron chi connectivity index (χ0n) is 8.31. The van der Waals surface area contributed by atoms with Crippen molar-refractivity contribution in [3.63, 3.8) is 0 Å². The standard InChI is InChI=1S/C11H13NO2/c1-9(2)14-11(13)6-5-10-4-3-7-12-8-10/h3-9H,1-2H3/b6-5+. The molecule has 1 aromatic rings. The predicted molar refractivity (Wildman–Crippen MR) is 54.5 cm³/mol. The van der Waals surface area contributed by atoms with Crippen LogP contribution in [0, 0.1) is 0 Å². The molecule has 0 amide bonds. The van der Waals surface area contributed by atoms with Crippen LogP contribution in [-0.2, 0) is 9.53 Å². The number of carbonyl (C=O) groups is 1. The summed E-state index contributed by atoms with van der Waals surface area (Å²) in [6, 6.07) is 3.68. The first kappa shape index (κ1) is 10.4. The van der Waals surface area contributed by atoms with Gasteiger partial charge in [0.1, 0.15) is 0 Å². The second kappa shape index (κ2) is 5.17. The number of aromatic nitrogens is 1. The third-order valence-corrected chi connectivity index (χ3v) is 1.45. The highest BCUT2D eigenvalue weighted by atomic mass is 16.5. The van der Waals surface area contributed by atoms with E-state index in [-0.39, 0.29) is 12.1 Å². The van der Waals surface area contributed by atoms with Crippen LogP contribution in [0.25, 0.3) is 6.08 Å². The van der Waals surface area contributed by atoms with Gasteiger partial charge in [-0.15, -0.1) is 0 Å². The molecule has 0 aromatic carbocycles. The van der Waals surface area contributed by atoms with Crippen molar-refractivity contribution in [2.45, 2.75) is 20.0 Å². The maximum Gasteiger partial charge on any atom is 0.331 e. The van der Waals surface area contributed by atoms with Crippen LogP contribution in [-0.4, -0.2) is 17.1 Å². The minimum absolute atomic E-state index is 0.0824. The zero-order chi connectivity index (χ0) is 10.4. The Hall–Kier alpha value is -1.64. The van der Waals surface area contributed by atoms with E-state index in [1.54, 1.807) is 18.5 Å². The third-order valence-electron chi connectivity index (χ3n) is 1.45. The first-order valence-electron chi connectivity index (χ1n) is 4.47. The van der Waals surface area contributed by atoms with Crippen molar-refractivity contribution in [2.75, 3.05) is 0 Å². The monoisotopic (exact) mass is 191 g/mol. The topological polar surface area (TPSA) is 39.2 Å². The third kappa shape index (κ3) is 3.85. The van der Waals surface area contributed by atoms with Gasteiger partial charge in [0.15, 0.2) is 0 Å². The lowest BCUT2D eigenvalue weighted by Gasteiger charge is -2.03. The van der Waals surface area contributed by atoms with Crippen molar-refractivity contribution in [1.29, 1.82) is 0 Å². The van der Waals surface area contributed by atoms with Crippen molar-refractivity contribution in [1.82, 2.24) is 4.98 Å². The Kier molecular flexibility index (Phi) is 3.85. The van der Waals surface area contributed by atoms with Crippen molar-refractivity contribution >= 4 is 12.0 Å². The molecule has 0 aliphatic heterocycles. The van der Waals surface area contributed by atoms with Gasteiger partial charge < -0.3 is 4.74 Å². The number of hydrogen-bond acceptors (Lipinski definition) is 3. The van der Waals surface area contributed by atoms with Crippen LogP contribution in [0.1, 0.15) is 19.4 Å². The van der Waals surface area contributed by atoms with E-state index in [1.165, 1.54) is 6.08 Å². The normalized spacial score (nSPS) is 10.8. The molecule has 1 rings (SSSR count). The molecule has 0 saturated carbocycles. The Morgan fingerprint density at radius 2 is 2.36 bits per heavy atom. The van der Waals surface area contributed by atoms with Crippen molar-refractivity contribution in [3.8, 4) is 0 Å². The lowest BCUT2D eigenvalue weighted by atomic mass is 10.2. The van der Waals surface area contributed by atoms with Gasteiger partial charge in [0.2, 0.25) is 0 Å². The Morgan fingerprint density at radius 3 is 2.93 bits per heavy atom. The van der Waals surface area contributed by atoms with Crippen molar-refractivity contribution < 1.29 is 9.53 Å². The predicted octanol–water partition coefficient (Wildman–Crippen LogP) is 2.05. The molecule has 3 nitrogen and oxygen atoms in total. The molecule has 14 heavy (non-hydrogen) atoms. The minimum Gasteiger partial charge on any atom is -0.460 e. The molecule has 3 heteroatoms. The lowest BCUT2D eigenvalue weighted by Crippen LogP contribution is -2.08. The summed E-state index contributed by atoms with van der Waals surface area (Å²) in [5.41, 5.74) is 0.883. The molecule has 0 saturated heterocycles. The minimum atomic E-state index is -0.330. The van der Waals surface area contributed by atoms with E-state index in [2.05, 4.69) is 4.98 Å². The molecular formula is C11H13NO2. The Labute approximate surface area is 83.4 Å². The Balaban J connectivity index is 2.52. The van der Waals surface area contributed by atoms with E-state index in [0.717, 1.165) is 5.56 Å². The number of nitrogens with zero attached hydrogens (tertiary/aromatic N) is 1. The van der Waals surface area contributed by atoms with E-state index in [9.17, 15) is 4.79 Å². The van der Waals surface area contributed by atoms with Gasteiger partial charge in [-0.1, -0.05) is 6.07 Å². The lowest BCUT2D eigenvalue weighted by molar-refractivity contribution is -0.141. The highest BCUT2D eigenvalue weighted by Gasteiger charge is 1.99. The summed E-state index contributed by atoms with van der Waals surface area (Å²) < 4.78 is 4.93. The summed E-state index contributed by atoms with van der Waals surface area (Å²) in [6.07, 6.45) is 6.36. The van der Waals surface area contributed by atoms with Crippen LogP contribution in [0.5, 0.6) is 0 Å². The van der Waals surface area contributed by atoms with Crippen LogP contribution in [0.2, 0.25) is 0 Å². The number of esters is 1. The fourth-order valence-corrected chi connectivity index (χ4v) is 0.910. The molecule has 0 radical (unpaired) electrons. The summed E-state index contributed by atoms with van der Waals surface area (Å²) >= 11 is 0. The van der Waals surface area contributed by atoms with Crippen LogP contribution < -0.4 is 0 Å². The van der Waals surface area contributed by atoms with Crippen LogP contribution in [0.3, 0.4) is 0 Å². The van der Waals surface area contributed by atoms with Gasteiger partial charge in [0, 0.05) is 18.5 Å².